The largest absolute Gasteiger partial charge is 0.396 e. The molecule has 0 saturated carbocycles. The third kappa shape index (κ3) is 3.94. The first-order valence-corrected chi connectivity index (χ1v) is 7.73. The van der Waals surface area contributed by atoms with Gasteiger partial charge in [0.05, 0.1) is 13.2 Å². The second-order valence-electron chi connectivity index (χ2n) is 6.54. The highest BCUT2D eigenvalue weighted by atomic mass is 16.5. The monoisotopic (exact) mass is 300 g/mol. The first-order chi connectivity index (χ1) is 9.97. The molecule has 0 unspecified atom stereocenters. The summed E-state index contributed by atoms with van der Waals surface area (Å²) in [6, 6.07) is 0. The normalized spacial score (nSPS) is 28.1. The molecule has 0 aromatic carbocycles. The summed E-state index contributed by atoms with van der Waals surface area (Å²) in [5.41, 5.74) is -0.798. The summed E-state index contributed by atoms with van der Waals surface area (Å²) >= 11 is 0. The van der Waals surface area contributed by atoms with Gasteiger partial charge in [-0.25, -0.2) is 0 Å². The van der Waals surface area contributed by atoms with Crippen molar-refractivity contribution in [2.24, 2.45) is 11.8 Å². The van der Waals surface area contributed by atoms with Gasteiger partial charge >= 0.3 is 0 Å². The second kappa shape index (κ2) is 7.05. The highest BCUT2D eigenvalue weighted by Gasteiger charge is 2.40. The molecule has 122 valence electrons. The molecule has 2 heterocycles. The Morgan fingerprint density at radius 2 is 1.90 bits per heavy atom. The van der Waals surface area contributed by atoms with E-state index < -0.39 is 5.60 Å². The number of rotatable bonds is 5. The second-order valence-corrected chi connectivity index (χ2v) is 6.54. The molecule has 1 amide bonds. The van der Waals surface area contributed by atoms with Crippen LogP contribution in [0.1, 0.15) is 13.8 Å². The third-order valence-corrected chi connectivity index (χ3v) is 4.72. The number of aliphatic hydroxyl groups is 1. The lowest BCUT2D eigenvalue weighted by molar-refractivity contribution is -0.150. The number of carbonyl (C=O) groups is 1. The molecule has 1 N–H and O–H groups in total. The molecular formula is C15H28N2O4. The van der Waals surface area contributed by atoms with Crippen LogP contribution in [0.4, 0.5) is 0 Å². The van der Waals surface area contributed by atoms with Gasteiger partial charge in [0.2, 0.25) is 0 Å². The van der Waals surface area contributed by atoms with Crippen molar-refractivity contribution in [3.63, 3.8) is 0 Å². The molecular weight excluding hydrogens is 272 g/mol. The molecule has 2 aliphatic heterocycles. The Balaban J connectivity index is 1.95. The quantitative estimate of drug-likeness (QED) is 0.762. The van der Waals surface area contributed by atoms with E-state index in [4.69, 9.17) is 9.47 Å². The van der Waals surface area contributed by atoms with E-state index in [-0.39, 0.29) is 18.4 Å². The predicted octanol–water partition coefficient (Wildman–Crippen LogP) is -0.189. The molecule has 2 saturated heterocycles. The molecule has 21 heavy (non-hydrogen) atoms. The molecule has 2 fully saturated rings. The van der Waals surface area contributed by atoms with E-state index in [2.05, 4.69) is 4.90 Å². The van der Waals surface area contributed by atoms with Gasteiger partial charge in [-0.2, -0.15) is 0 Å². The number of likely N-dealkylation sites (tertiary alicyclic amines) is 1. The van der Waals surface area contributed by atoms with E-state index >= 15 is 0 Å². The Kier molecular flexibility index (Phi) is 5.60. The van der Waals surface area contributed by atoms with Crippen LogP contribution >= 0.6 is 0 Å². The summed E-state index contributed by atoms with van der Waals surface area (Å²) in [7, 11) is 1.56. The fourth-order valence-electron chi connectivity index (χ4n) is 3.10. The Bertz CT molecular complexity index is 356. The van der Waals surface area contributed by atoms with Crippen LogP contribution < -0.4 is 0 Å². The molecule has 0 radical (unpaired) electrons. The van der Waals surface area contributed by atoms with Crippen molar-refractivity contribution in [2.45, 2.75) is 19.4 Å². The van der Waals surface area contributed by atoms with Crippen molar-refractivity contribution in [1.29, 1.82) is 0 Å². The summed E-state index contributed by atoms with van der Waals surface area (Å²) in [6.45, 7) is 9.38. The molecule has 0 bridgehead atoms. The molecule has 0 aliphatic carbocycles. The summed E-state index contributed by atoms with van der Waals surface area (Å²) in [6.07, 6.45) is 0. The van der Waals surface area contributed by atoms with Crippen molar-refractivity contribution < 1.29 is 19.4 Å². The Labute approximate surface area is 127 Å². The average Bonchev–Trinajstić information content (AvgIpc) is 2.90. The van der Waals surface area contributed by atoms with Gasteiger partial charge in [0.25, 0.3) is 5.91 Å². The van der Waals surface area contributed by atoms with Crippen LogP contribution in [-0.2, 0) is 14.3 Å². The first kappa shape index (κ1) is 16.7. The fourth-order valence-corrected chi connectivity index (χ4v) is 3.10. The summed E-state index contributed by atoms with van der Waals surface area (Å²) in [5, 5.41) is 9.61. The van der Waals surface area contributed by atoms with Gasteiger partial charge in [-0.15, -0.1) is 0 Å². The topological polar surface area (TPSA) is 62.2 Å². The van der Waals surface area contributed by atoms with E-state index in [1.165, 1.54) is 0 Å². The van der Waals surface area contributed by atoms with Gasteiger partial charge in [-0.1, -0.05) is 0 Å². The molecule has 6 heteroatoms. The lowest BCUT2D eigenvalue weighted by Gasteiger charge is -2.31. The van der Waals surface area contributed by atoms with E-state index in [1.807, 2.05) is 4.90 Å². The SMILES string of the molecule is COC(C)(C)C(=O)N1C[C@@H](CN2CCOCC2)[C@@H](CO)C1. The molecule has 0 spiro atoms. The number of methoxy groups -OCH3 is 1. The minimum absolute atomic E-state index is 0.00734. The predicted molar refractivity (Wildman–Crippen MR) is 79.0 cm³/mol. The highest BCUT2D eigenvalue weighted by molar-refractivity contribution is 5.84. The van der Waals surface area contributed by atoms with Gasteiger partial charge in [-0.3, -0.25) is 9.69 Å². The number of aliphatic hydroxyl groups excluding tert-OH is 1. The zero-order chi connectivity index (χ0) is 15.5. The van der Waals surface area contributed by atoms with Gasteiger partial charge in [0.15, 0.2) is 0 Å². The van der Waals surface area contributed by atoms with Gasteiger partial charge in [0, 0.05) is 52.4 Å². The van der Waals surface area contributed by atoms with Crippen LogP contribution in [0.25, 0.3) is 0 Å². The first-order valence-electron chi connectivity index (χ1n) is 7.73. The Hall–Kier alpha value is -0.690. The zero-order valence-corrected chi connectivity index (χ0v) is 13.4. The number of nitrogens with zero attached hydrogens (tertiary/aromatic N) is 2. The minimum atomic E-state index is -0.798. The molecule has 2 atom stereocenters. The Morgan fingerprint density at radius 3 is 2.48 bits per heavy atom. The van der Waals surface area contributed by atoms with E-state index in [0.29, 0.717) is 19.0 Å². The lowest BCUT2D eigenvalue weighted by Crippen LogP contribution is -2.46. The van der Waals surface area contributed by atoms with Crippen molar-refractivity contribution >= 4 is 5.91 Å². The number of hydrogen-bond donors (Lipinski definition) is 1. The van der Waals surface area contributed by atoms with Gasteiger partial charge in [-0.05, 0) is 19.8 Å². The van der Waals surface area contributed by atoms with Crippen LogP contribution in [0.5, 0.6) is 0 Å². The van der Waals surface area contributed by atoms with E-state index in [9.17, 15) is 9.90 Å². The summed E-state index contributed by atoms with van der Waals surface area (Å²) < 4.78 is 10.6. The van der Waals surface area contributed by atoms with Crippen molar-refractivity contribution in [1.82, 2.24) is 9.80 Å². The number of amides is 1. The summed E-state index contributed by atoms with van der Waals surface area (Å²) in [4.78, 5) is 16.7. The van der Waals surface area contributed by atoms with E-state index in [1.54, 1.807) is 21.0 Å². The highest BCUT2D eigenvalue weighted by Crippen LogP contribution is 2.27. The number of carbonyl (C=O) groups excluding carboxylic acids is 1. The smallest absolute Gasteiger partial charge is 0.254 e. The van der Waals surface area contributed by atoms with Crippen molar-refractivity contribution in [3.8, 4) is 0 Å². The molecule has 0 aromatic rings. The van der Waals surface area contributed by atoms with Gasteiger partial charge < -0.3 is 19.5 Å². The summed E-state index contributed by atoms with van der Waals surface area (Å²) in [5.74, 6) is 0.488. The van der Waals surface area contributed by atoms with Crippen LogP contribution in [0.15, 0.2) is 0 Å². The van der Waals surface area contributed by atoms with Crippen LogP contribution in [0.3, 0.4) is 0 Å². The maximum absolute atomic E-state index is 12.5. The zero-order valence-electron chi connectivity index (χ0n) is 13.4. The van der Waals surface area contributed by atoms with Crippen LogP contribution in [-0.4, -0.2) is 86.1 Å². The molecule has 0 aromatic heterocycles. The Morgan fingerprint density at radius 1 is 1.29 bits per heavy atom. The average molecular weight is 300 g/mol. The maximum Gasteiger partial charge on any atom is 0.254 e. The molecule has 2 rings (SSSR count). The molecule has 6 nitrogen and oxygen atoms in total. The number of hydrogen-bond acceptors (Lipinski definition) is 5. The maximum atomic E-state index is 12.5. The molecule has 2 aliphatic rings. The van der Waals surface area contributed by atoms with Crippen LogP contribution in [0.2, 0.25) is 0 Å². The number of ether oxygens (including phenoxy) is 2. The van der Waals surface area contributed by atoms with Crippen molar-refractivity contribution in [3.05, 3.63) is 0 Å². The van der Waals surface area contributed by atoms with Gasteiger partial charge in [0.1, 0.15) is 5.60 Å². The van der Waals surface area contributed by atoms with Crippen LogP contribution in [0, 0.1) is 11.8 Å². The van der Waals surface area contributed by atoms with Crippen molar-refractivity contribution in [2.75, 3.05) is 59.7 Å². The third-order valence-electron chi connectivity index (χ3n) is 4.72. The fraction of sp³-hybridized carbons (Fsp3) is 0.933. The van der Waals surface area contributed by atoms with E-state index in [0.717, 1.165) is 32.8 Å². The lowest BCUT2D eigenvalue weighted by atomic mass is 9.96. The number of morpholine rings is 1. The minimum Gasteiger partial charge on any atom is -0.396 e. The standard InChI is InChI=1S/C15H28N2O4/c1-15(2,20-3)14(19)17-9-12(13(10-17)11-18)8-16-4-6-21-7-5-16/h12-13,18H,4-11H2,1-3H3/t12-,13-/m1/s1.